The van der Waals surface area contributed by atoms with E-state index in [0.717, 1.165) is 50.2 Å². The zero-order valence-corrected chi connectivity index (χ0v) is 14.0. The van der Waals surface area contributed by atoms with Gasteiger partial charge in [0.1, 0.15) is 0 Å². The van der Waals surface area contributed by atoms with Gasteiger partial charge in [-0.3, -0.25) is 4.90 Å². The lowest BCUT2D eigenvalue weighted by molar-refractivity contribution is 0.0626. The Morgan fingerprint density at radius 3 is 2.96 bits per heavy atom. The van der Waals surface area contributed by atoms with Gasteiger partial charge in [-0.1, -0.05) is 6.07 Å². The second-order valence-electron chi connectivity index (χ2n) is 7.27. The molecule has 4 rings (SSSR count). The summed E-state index contributed by atoms with van der Waals surface area (Å²) in [7, 11) is 4.26. The summed E-state index contributed by atoms with van der Waals surface area (Å²) in [6.07, 6.45) is 1.66. The minimum atomic E-state index is 0.344. The van der Waals surface area contributed by atoms with Gasteiger partial charge >= 0.3 is 0 Å². The molecule has 2 fully saturated rings. The summed E-state index contributed by atoms with van der Waals surface area (Å²) in [5, 5.41) is 0. The van der Waals surface area contributed by atoms with Crippen molar-refractivity contribution in [2.24, 2.45) is 11.8 Å². The molecule has 23 heavy (non-hydrogen) atoms. The van der Waals surface area contributed by atoms with Crippen molar-refractivity contribution < 1.29 is 14.2 Å². The van der Waals surface area contributed by atoms with Gasteiger partial charge < -0.3 is 19.1 Å². The van der Waals surface area contributed by atoms with Crippen LogP contribution in [0.15, 0.2) is 18.2 Å². The Labute approximate surface area is 138 Å². The van der Waals surface area contributed by atoms with Crippen LogP contribution in [-0.4, -0.2) is 63.0 Å². The molecule has 126 valence electrons. The number of likely N-dealkylation sites (N-methyl/N-ethyl adjacent to an activating group) is 1. The Kier molecular flexibility index (Phi) is 4.18. The first-order valence-electron chi connectivity index (χ1n) is 8.56. The van der Waals surface area contributed by atoms with E-state index in [2.05, 4.69) is 36.0 Å². The van der Waals surface area contributed by atoms with Gasteiger partial charge in [-0.15, -0.1) is 0 Å². The van der Waals surface area contributed by atoms with Crippen molar-refractivity contribution in [2.75, 3.05) is 47.1 Å². The Morgan fingerprint density at radius 1 is 1.22 bits per heavy atom. The molecule has 0 saturated carbocycles. The molecule has 2 saturated heterocycles. The maximum absolute atomic E-state index is 6.06. The molecular weight excluding hydrogens is 292 g/mol. The number of hydrogen-bond acceptors (Lipinski definition) is 5. The first kappa shape index (κ1) is 15.2. The summed E-state index contributed by atoms with van der Waals surface area (Å²) in [4.78, 5) is 4.80. The van der Waals surface area contributed by atoms with E-state index < -0.39 is 0 Å². The standard InChI is InChI=1S/C18H26N2O3/c1-19(2)10-18-15-5-6-20(9-14(15)11-21-18)8-13-3-4-16-17(7-13)23-12-22-16/h3-4,7,14-15,18H,5-6,8-12H2,1-2H3/t14-,15-,18-/m0/s1. The highest BCUT2D eigenvalue weighted by Gasteiger charge is 2.40. The zero-order chi connectivity index (χ0) is 15.8. The van der Waals surface area contributed by atoms with E-state index in [1.165, 1.54) is 12.0 Å². The molecule has 0 unspecified atom stereocenters. The Balaban J connectivity index is 1.36. The second kappa shape index (κ2) is 6.30. The summed E-state index contributed by atoms with van der Waals surface area (Å²) in [6, 6.07) is 6.30. The molecule has 3 atom stereocenters. The van der Waals surface area contributed by atoms with Gasteiger partial charge in [0.2, 0.25) is 6.79 Å². The fraction of sp³-hybridized carbons (Fsp3) is 0.667. The van der Waals surface area contributed by atoms with E-state index in [0.29, 0.717) is 18.8 Å². The maximum atomic E-state index is 6.06. The SMILES string of the molecule is CN(C)C[C@@H]1OC[C@@H]2CN(Cc3ccc4c(c3)OCO4)CC[C@@H]21. The third-order valence-electron chi connectivity index (χ3n) is 5.27. The number of piperidine rings is 1. The highest BCUT2D eigenvalue weighted by molar-refractivity contribution is 5.44. The van der Waals surface area contributed by atoms with Crippen LogP contribution in [0.4, 0.5) is 0 Å². The molecule has 3 aliphatic rings. The summed E-state index contributed by atoms with van der Waals surface area (Å²) in [6.45, 7) is 5.59. The van der Waals surface area contributed by atoms with Gasteiger partial charge in [0.15, 0.2) is 11.5 Å². The third kappa shape index (κ3) is 3.18. The van der Waals surface area contributed by atoms with Gasteiger partial charge in [-0.25, -0.2) is 0 Å². The molecule has 0 aliphatic carbocycles. The van der Waals surface area contributed by atoms with Crippen molar-refractivity contribution in [1.29, 1.82) is 0 Å². The fourth-order valence-electron chi connectivity index (χ4n) is 4.15. The predicted octanol–water partition coefficient (Wildman–Crippen LogP) is 1.81. The molecule has 0 N–H and O–H groups in total. The lowest BCUT2D eigenvalue weighted by Crippen LogP contribution is -2.42. The average molecular weight is 318 g/mol. The van der Waals surface area contributed by atoms with E-state index in [9.17, 15) is 0 Å². The van der Waals surface area contributed by atoms with Gasteiger partial charge in [-0.05, 0) is 50.7 Å². The van der Waals surface area contributed by atoms with E-state index in [1.807, 2.05) is 6.07 Å². The summed E-state index contributed by atoms with van der Waals surface area (Å²) in [5.41, 5.74) is 1.30. The van der Waals surface area contributed by atoms with Crippen molar-refractivity contribution in [3.63, 3.8) is 0 Å². The molecule has 5 heteroatoms. The molecule has 3 heterocycles. The summed E-state index contributed by atoms with van der Waals surface area (Å²) in [5.74, 6) is 3.16. The molecule has 0 radical (unpaired) electrons. The summed E-state index contributed by atoms with van der Waals surface area (Å²) >= 11 is 0. The predicted molar refractivity (Wildman–Crippen MR) is 87.7 cm³/mol. The lowest BCUT2D eigenvalue weighted by atomic mass is 9.84. The molecule has 1 aromatic rings. The van der Waals surface area contributed by atoms with Crippen molar-refractivity contribution in [2.45, 2.75) is 19.1 Å². The van der Waals surface area contributed by atoms with E-state index in [1.54, 1.807) is 0 Å². The Hall–Kier alpha value is -1.30. The highest BCUT2D eigenvalue weighted by Crippen LogP contribution is 2.36. The van der Waals surface area contributed by atoms with Crippen LogP contribution in [-0.2, 0) is 11.3 Å². The zero-order valence-electron chi connectivity index (χ0n) is 14.0. The van der Waals surface area contributed by atoms with E-state index >= 15 is 0 Å². The van der Waals surface area contributed by atoms with Crippen LogP contribution in [0, 0.1) is 11.8 Å². The van der Waals surface area contributed by atoms with Crippen LogP contribution in [0.1, 0.15) is 12.0 Å². The molecule has 5 nitrogen and oxygen atoms in total. The highest BCUT2D eigenvalue weighted by atomic mass is 16.7. The summed E-state index contributed by atoms with van der Waals surface area (Å²) < 4.78 is 16.9. The number of likely N-dealkylation sites (tertiary alicyclic amines) is 1. The fourth-order valence-corrected chi connectivity index (χ4v) is 4.15. The number of ether oxygens (including phenoxy) is 3. The number of rotatable bonds is 4. The minimum Gasteiger partial charge on any atom is -0.454 e. The van der Waals surface area contributed by atoms with E-state index in [4.69, 9.17) is 14.2 Å². The Bertz CT molecular complexity index is 563. The molecular formula is C18H26N2O3. The van der Waals surface area contributed by atoms with Gasteiger partial charge in [0.25, 0.3) is 0 Å². The second-order valence-corrected chi connectivity index (χ2v) is 7.27. The molecule has 0 bridgehead atoms. The molecule has 0 aromatic heterocycles. The van der Waals surface area contributed by atoms with Crippen LogP contribution in [0.3, 0.4) is 0 Å². The average Bonchev–Trinajstić information content (AvgIpc) is 3.13. The first-order valence-corrected chi connectivity index (χ1v) is 8.56. The van der Waals surface area contributed by atoms with Gasteiger partial charge in [0.05, 0.1) is 12.7 Å². The maximum Gasteiger partial charge on any atom is 0.231 e. The molecule has 0 spiro atoms. The van der Waals surface area contributed by atoms with Crippen molar-refractivity contribution in [3.05, 3.63) is 23.8 Å². The van der Waals surface area contributed by atoms with Crippen molar-refractivity contribution in [3.8, 4) is 11.5 Å². The lowest BCUT2D eigenvalue weighted by Gasteiger charge is -2.36. The first-order chi connectivity index (χ1) is 11.2. The molecule has 3 aliphatic heterocycles. The third-order valence-corrected chi connectivity index (χ3v) is 5.27. The van der Waals surface area contributed by atoms with Crippen LogP contribution in [0.5, 0.6) is 11.5 Å². The quantitative estimate of drug-likeness (QED) is 0.846. The van der Waals surface area contributed by atoms with Crippen molar-refractivity contribution >= 4 is 0 Å². The van der Waals surface area contributed by atoms with E-state index in [-0.39, 0.29) is 0 Å². The molecule has 1 aromatic carbocycles. The van der Waals surface area contributed by atoms with Crippen LogP contribution < -0.4 is 9.47 Å². The van der Waals surface area contributed by atoms with Gasteiger partial charge in [0, 0.05) is 25.6 Å². The smallest absolute Gasteiger partial charge is 0.231 e. The van der Waals surface area contributed by atoms with Crippen molar-refractivity contribution in [1.82, 2.24) is 9.80 Å². The topological polar surface area (TPSA) is 34.2 Å². The number of hydrogen-bond donors (Lipinski definition) is 0. The van der Waals surface area contributed by atoms with Crippen LogP contribution in [0.25, 0.3) is 0 Å². The minimum absolute atomic E-state index is 0.344. The number of nitrogens with zero attached hydrogens (tertiary/aromatic N) is 2. The van der Waals surface area contributed by atoms with Crippen LogP contribution in [0.2, 0.25) is 0 Å². The number of benzene rings is 1. The van der Waals surface area contributed by atoms with Crippen LogP contribution >= 0.6 is 0 Å². The van der Waals surface area contributed by atoms with Gasteiger partial charge in [-0.2, -0.15) is 0 Å². The monoisotopic (exact) mass is 318 g/mol. The normalized spacial score (nSPS) is 30.0. The Morgan fingerprint density at radius 2 is 2.09 bits per heavy atom. The molecule has 0 amide bonds. The number of fused-ring (bicyclic) bond motifs is 2. The largest absolute Gasteiger partial charge is 0.454 e.